The summed E-state index contributed by atoms with van der Waals surface area (Å²) >= 11 is 0. The number of hydrogen-bond acceptors (Lipinski definition) is 4. The fraction of sp³-hybridized carbons (Fsp3) is 0.643. The largest absolute Gasteiger partial charge is 0.355 e. The summed E-state index contributed by atoms with van der Waals surface area (Å²) in [6, 6.07) is 0. The molecule has 5 heteroatoms. The SMILES string of the molecule is O=C1CCCN1CC1CCCN(c2cnccn2)C1. The van der Waals surface area contributed by atoms with Crippen LogP contribution in [0.4, 0.5) is 5.82 Å². The predicted molar refractivity (Wildman–Crippen MR) is 72.8 cm³/mol. The van der Waals surface area contributed by atoms with E-state index in [0.29, 0.717) is 11.8 Å². The average molecular weight is 260 g/mol. The molecule has 1 amide bonds. The number of aromatic nitrogens is 2. The van der Waals surface area contributed by atoms with E-state index in [1.54, 1.807) is 12.4 Å². The lowest BCUT2D eigenvalue weighted by molar-refractivity contribution is -0.128. The molecule has 1 aromatic heterocycles. The van der Waals surface area contributed by atoms with E-state index in [1.807, 2.05) is 11.1 Å². The van der Waals surface area contributed by atoms with E-state index in [4.69, 9.17) is 0 Å². The zero-order chi connectivity index (χ0) is 13.1. The van der Waals surface area contributed by atoms with Gasteiger partial charge in [-0.25, -0.2) is 4.98 Å². The smallest absolute Gasteiger partial charge is 0.222 e. The molecule has 19 heavy (non-hydrogen) atoms. The Morgan fingerprint density at radius 2 is 2.21 bits per heavy atom. The monoisotopic (exact) mass is 260 g/mol. The molecular formula is C14H20N4O. The van der Waals surface area contributed by atoms with Crippen LogP contribution in [0.25, 0.3) is 0 Å². The van der Waals surface area contributed by atoms with Gasteiger partial charge in [0.2, 0.25) is 5.91 Å². The van der Waals surface area contributed by atoms with Gasteiger partial charge in [0, 0.05) is 45.0 Å². The normalized spacial score (nSPS) is 24.0. The Labute approximate surface area is 113 Å². The van der Waals surface area contributed by atoms with Crippen LogP contribution in [-0.4, -0.2) is 47.0 Å². The highest BCUT2D eigenvalue weighted by Gasteiger charge is 2.27. The third-order valence-electron chi connectivity index (χ3n) is 4.04. The van der Waals surface area contributed by atoms with Gasteiger partial charge in [-0.1, -0.05) is 0 Å². The van der Waals surface area contributed by atoms with Crippen LogP contribution in [0.2, 0.25) is 0 Å². The number of piperidine rings is 1. The lowest BCUT2D eigenvalue weighted by Gasteiger charge is -2.35. The molecule has 0 bridgehead atoms. The molecule has 0 aromatic carbocycles. The minimum absolute atomic E-state index is 0.330. The Hall–Kier alpha value is -1.65. The Kier molecular flexibility index (Phi) is 3.62. The molecule has 3 heterocycles. The summed E-state index contributed by atoms with van der Waals surface area (Å²) in [5.41, 5.74) is 0. The lowest BCUT2D eigenvalue weighted by atomic mass is 9.97. The van der Waals surface area contributed by atoms with E-state index < -0.39 is 0 Å². The number of rotatable bonds is 3. The van der Waals surface area contributed by atoms with Gasteiger partial charge in [-0.05, 0) is 25.2 Å². The topological polar surface area (TPSA) is 49.3 Å². The molecular weight excluding hydrogens is 240 g/mol. The van der Waals surface area contributed by atoms with Gasteiger partial charge in [0.1, 0.15) is 5.82 Å². The van der Waals surface area contributed by atoms with Crippen LogP contribution < -0.4 is 4.90 Å². The first kappa shape index (κ1) is 12.4. The minimum Gasteiger partial charge on any atom is -0.355 e. The van der Waals surface area contributed by atoms with Crippen molar-refractivity contribution in [1.29, 1.82) is 0 Å². The molecule has 0 aliphatic carbocycles. The maximum Gasteiger partial charge on any atom is 0.222 e. The van der Waals surface area contributed by atoms with Gasteiger partial charge in [-0.15, -0.1) is 0 Å². The van der Waals surface area contributed by atoms with Gasteiger partial charge < -0.3 is 9.80 Å². The molecule has 0 radical (unpaired) electrons. The van der Waals surface area contributed by atoms with E-state index in [9.17, 15) is 4.79 Å². The maximum absolute atomic E-state index is 11.7. The summed E-state index contributed by atoms with van der Waals surface area (Å²) in [5, 5.41) is 0. The van der Waals surface area contributed by atoms with Crippen LogP contribution in [0.3, 0.4) is 0 Å². The fourth-order valence-electron chi connectivity index (χ4n) is 3.09. The van der Waals surface area contributed by atoms with Gasteiger partial charge in [0.05, 0.1) is 6.20 Å². The van der Waals surface area contributed by atoms with Crippen LogP contribution in [0.1, 0.15) is 25.7 Å². The van der Waals surface area contributed by atoms with Crippen LogP contribution in [0.15, 0.2) is 18.6 Å². The summed E-state index contributed by atoms with van der Waals surface area (Å²) in [4.78, 5) is 24.5. The van der Waals surface area contributed by atoms with Crippen molar-refractivity contribution in [2.75, 3.05) is 31.1 Å². The van der Waals surface area contributed by atoms with Crippen molar-refractivity contribution in [3.63, 3.8) is 0 Å². The molecule has 1 aromatic rings. The van der Waals surface area contributed by atoms with Gasteiger partial charge in [-0.3, -0.25) is 9.78 Å². The fourth-order valence-corrected chi connectivity index (χ4v) is 3.09. The number of anilines is 1. The van der Waals surface area contributed by atoms with Crippen LogP contribution in [0.5, 0.6) is 0 Å². The molecule has 1 unspecified atom stereocenters. The van der Waals surface area contributed by atoms with Crippen LogP contribution in [0, 0.1) is 5.92 Å². The van der Waals surface area contributed by atoms with Gasteiger partial charge >= 0.3 is 0 Å². The summed E-state index contributed by atoms with van der Waals surface area (Å²) in [5.74, 6) is 1.86. The quantitative estimate of drug-likeness (QED) is 0.822. The number of amides is 1. The van der Waals surface area contributed by atoms with Gasteiger partial charge in [0.25, 0.3) is 0 Å². The first-order chi connectivity index (χ1) is 9.33. The van der Waals surface area contributed by atoms with Crippen molar-refractivity contribution >= 4 is 11.7 Å². The number of likely N-dealkylation sites (tertiary alicyclic amines) is 1. The van der Waals surface area contributed by atoms with E-state index in [0.717, 1.165) is 44.8 Å². The summed E-state index contributed by atoms with van der Waals surface area (Å²) in [6.07, 6.45) is 9.41. The van der Waals surface area contributed by atoms with E-state index in [2.05, 4.69) is 14.9 Å². The lowest BCUT2D eigenvalue weighted by Crippen LogP contribution is -2.41. The molecule has 1 atom stereocenters. The zero-order valence-electron chi connectivity index (χ0n) is 11.2. The first-order valence-electron chi connectivity index (χ1n) is 7.11. The molecule has 0 saturated carbocycles. The molecule has 2 fully saturated rings. The van der Waals surface area contributed by atoms with Crippen LogP contribution in [-0.2, 0) is 4.79 Å². The van der Waals surface area contributed by atoms with E-state index in [1.165, 1.54) is 12.8 Å². The van der Waals surface area contributed by atoms with Crippen molar-refractivity contribution in [2.24, 2.45) is 5.92 Å². The predicted octanol–water partition coefficient (Wildman–Crippen LogP) is 1.32. The Bertz CT molecular complexity index is 436. The molecule has 2 aliphatic heterocycles. The summed E-state index contributed by atoms with van der Waals surface area (Å²) in [7, 11) is 0. The average Bonchev–Trinajstić information content (AvgIpc) is 2.86. The second-order valence-electron chi connectivity index (χ2n) is 5.46. The highest BCUT2D eigenvalue weighted by Crippen LogP contribution is 2.23. The van der Waals surface area contributed by atoms with E-state index >= 15 is 0 Å². The van der Waals surface area contributed by atoms with Gasteiger partial charge in [-0.2, -0.15) is 0 Å². The minimum atomic E-state index is 0.330. The standard InChI is InChI=1S/C14H20N4O/c19-14-4-2-8-18(14)11-12-3-1-7-17(10-12)13-9-15-5-6-16-13/h5-6,9,12H,1-4,7-8,10-11H2. The van der Waals surface area contributed by atoms with Gasteiger partial charge in [0.15, 0.2) is 0 Å². The van der Waals surface area contributed by atoms with Crippen molar-refractivity contribution in [3.05, 3.63) is 18.6 Å². The van der Waals surface area contributed by atoms with Crippen molar-refractivity contribution in [3.8, 4) is 0 Å². The second-order valence-corrected chi connectivity index (χ2v) is 5.46. The van der Waals surface area contributed by atoms with Crippen LogP contribution >= 0.6 is 0 Å². The highest BCUT2D eigenvalue weighted by atomic mass is 16.2. The molecule has 3 rings (SSSR count). The van der Waals surface area contributed by atoms with Crippen molar-refractivity contribution in [2.45, 2.75) is 25.7 Å². The molecule has 0 N–H and O–H groups in total. The Morgan fingerprint density at radius 3 is 2.95 bits per heavy atom. The zero-order valence-corrected chi connectivity index (χ0v) is 11.2. The molecule has 2 saturated heterocycles. The Balaban J connectivity index is 1.60. The molecule has 102 valence electrons. The van der Waals surface area contributed by atoms with Crippen molar-refractivity contribution < 1.29 is 4.79 Å². The molecule has 2 aliphatic rings. The number of nitrogens with zero attached hydrogens (tertiary/aromatic N) is 4. The maximum atomic E-state index is 11.7. The number of carbonyl (C=O) groups excluding carboxylic acids is 1. The molecule has 0 spiro atoms. The van der Waals surface area contributed by atoms with Crippen molar-refractivity contribution in [1.82, 2.24) is 14.9 Å². The third-order valence-corrected chi connectivity index (χ3v) is 4.04. The second kappa shape index (κ2) is 5.55. The third kappa shape index (κ3) is 2.85. The number of hydrogen-bond donors (Lipinski definition) is 0. The Morgan fingerprint density at radius 1 is 1.26 bits per heavy atom. The highest BCUT2D eigenvalue weighted by molar-refractivity contribution is 5.78. The summed E-state index contributed by atoms with van der Waals surface area (Å²) in [6.45, 7) is 3.89. The number of carbonyl (C=O) groups is 1. The van der Waals surface area contributed by atoms with E-state index in [-0.39, 0.29) is 0 Å². The first-order valence-corrected chi connectivity index (χ1v) is 7.11. The molecule has 5 nitrogen and oxygen atoms in total. The summed E-state index contributed by atoms with van der Waals surface area (Å²) < 4.78 is 0.